The predicted octanol–water partition coefficient (Wildman–Crippen LogP) is 3.47. The number of rotatable bonds is 1. The molecule has 100 valence electrons. The Morgan fingerprint density at radius 3 is 2.83 bits per heavy atom. The number of allylic oxidation sites excluding steroid dienone is 1. The molecule has 1 amide bonds. The van der Waals surface area contributed by atoms with Crippen LogP contribution >= 0.6 is 15.9 Å². The number of hydrogen-bond acceptors (Lipinski definition) is 3. The van der Waals surface area contributed by atoms with Gasteiger partial charge in [-0.25, -0.2) is 9.79 Å². The van der Waals surface area contributed by atoms with Crippen LogP contribution in [0.1, 0.15) is 40.0 Å². The van der Waals surface area contributed by atoms with E-state index in [-0.39, 0.29) is 12.1 Å². The van der Waals surface area contributed by atoms with Gasteiger partial charge in [-0.05, 0) is 55.6 Å². The third-order valence-corrected chi connectivity index (χ3v) is 3.50. The fourth-order valence-electron chi connectivity index (χ4n) is 2.28. The first-order chi connectivity index (χ1) is 8.37. The van der Waals surface area contributed by atoms with Crippen molar-refractivity contribution in [2.75, 3.05) is 6.54 Å². The highest BCUT2D eigenvalue weighted by atomic mass is 79.9. The van der Waals surface area contributed by atoms with Gasteiger partial charge in [-0.1, -0.05) is 0 Å². The number of nitrogens with zero attached hydrogens (tertiary/aromatic N) is 2. The standard InChI is InChI=1S/C13H19BrN2O2/c1-13(2,3)18-12(17)16-8-4-5-10(16)9-6-7-11(14)15-9/h7,10H,4-6,8H2,1-3H3/t10-/m0/s1. The van der Waals surface area contributed by atoms with Crippen LogP contribution in [0.4, 0.5) is 4.79 Å². The summed E-state index contributed by atoms with van der Waals surface area (Å²) in [5.74, 6) is 0. The molecule has 0 aliphatic carbocycles. The molecule has 2 heterocycles. The van der Waals surface area contributed by atoms with Gasteiger partial charge in [-0.2, -0.15) is 0 Å². The third kappa shape index (κ3) is 3.13. The molecule has 0 bridgehead atoms. The summed E-state index contributed by atoms with van der Waals surface area (Å²) in [7, 11) is 0. The molecule has 1 atom stereocenters. The normalized spacial score (nSPS) is 24.0. The Bertz CT molecular complexity index is 410. The summed E-state index contributed by atoms with van der Waals surface area (Å²) in [6.45, 7) is 6.43. The van der Waals surface area contributed by atoms with E-state index in [0.717, 1.165) is 36.1 Å². The SMILES string of the molecule is CC(C)(C)OC(=O)N1CCC[C@H]1C1=NC(Br)=CC1. The number of carbonyl (C=O) groups excluding carboxylic acids is 1. The molecule has 2 aliphatic rings. The maximum atomic E-state index is 12.1. The van der Waals surface area contributed by atoms with E-state index in [2.05, 4.69) is 20.9 Å². The van der Waals surface area contributed by atoms with E-state index in [1.54, 1.807) is 0 Å². The van der Waals surface area contributed by atoms with Gasteiger partial charge in [0.05, 0.1) is 6.04 Å². The average Bonchev–Trinajstić information content (AvgIpc) is 2.81. The summed E-state index contributed by atoms with van der Waals surface area (Å²) in [6, 6.07) is 0.103. The van der Waals surface area contributed by atoms with Crippen LogP contribution < -0.4 is 0 Å². The van der Waals surface area contributed by atoms with Crippen molar-refractivity contribution in [2.24, 2.45) is 4.99 Å². The van der Waals surface area contributed by atoms with E-state index in [1.807, 2.05) is 31.7 Å². The summed E-state index contributed by atoms with van der Waals surface area (Å²) in [4.78, 5) is 18.4. The first-order valence-corrected chi connectivity index (χ1v) is 7.09. The number of hydrogen-bond donors (Lipinski definition) is 0. The Labute approximate surface area is 116 Å². The average molecular weight is 315 g/mol. The molecule has 0 saturated carbocycles. The van der Waals surface area contributed by atoms with Crippen molar-refractivity contribution < 1.29 is 9.53 Å². The van der Waals surface area contributed by atoms with Gasteiger partial charge in [0.15, 0.2) is 0 Å². The van der Waals surface area contributed by atoms with Crippen LogP contribution in [-0.4, -0.2) is 34.9 Å². The van der Waals surface area contributed by atoms with Crippen LogP contribution in [-0.2, 0) is 4.74 Å². The smallest absolute Gasteiger partial charge is 0.410 e. The lowest BCUT2D eigenvalue weighted by Crippen LogP contribution is -2.43. The molecule has 0 radical (unpaired) electrons. The van der Waals surface area contributed by atoms with Crippen molar-refractivity contribution in [3.63, 3.8) is 0 Å². The number of aliphatic imine (C=N–C) groups is 1. The second-order valence-corrected chi connectivity index (χ2v) is 6.48. The number of amides is 1. The summed E-state index contributed by atoms with van der Waals surface area (Å²) in [5, 5.41) is 0. The molecule has 18 heavy (non-hydrogen) atoms. The highest BCUT2D eigenvalue weighted by molar-refractivity contribution is 9.11. The van der Waals surface area contributed by atoms with E-state index in [0.29, 0.717) is 0 Å². The molecule has 4 nitrogen and oxygen atoms in total. The van der Waals surface area contributed by atoms with E-state index in [9.17, 15) is 4.79 Å². The van der Waals surface area contributed by atoms with Crippen LogP contribution in [0, 0.1) is 0 Å². The molecular formula is C13H19BrN2O2. The summed E-state index contributed by atoms with van der Waals surface area (Å²) < 4.78 is 6.31. The lowest BCUT2D eigenvalue weighted by atomic mass is 10.1. The van der Waals surface area contributed by atoms with E-state index in [1.165, 1.54) is 0 Å². The third-order valence-electron chi connectivity index (χ3n) is 3.00. The Hall–Kier alpha value is -0.840. The molecule has 5 heteroatoms. The van der Waals surface area contributed by atoms with Gasteiger partial charge >= 0.3 is 6.09 Å². The summed E-state index contributed by atoms with van der Waals surface area (Å²) >= 11 is 3.37. The fourth-order valence-corrected chi connectivity index (χ4v) is 2.67. The van der Waals surface area contributed by atoms with Crippen molar-refractivity contribution in [1.29, 1.82) is 0 Å². The topological polar surface area (TPSA) is 41.9 Å². The van der Waals surface area contributed by atoms with Gasteiger partial charge in [0.2, 0.25) is 0 Å². The second-order valence-electron chi connectivity index (χ2n) is 5.67. The summed E-state index contributed by atoms with van der Waals surface area (Å²) in [5.41, 5.74) is 0.616. The number of halogens is 1. The highest BCUT2D eigenvalue weighted by Gasteiger charge is 2.35. The van der Waals surface area contributed by atoms with Gasteiger partial charge in [0.1, 0.15) is 10.2 Å². The molecular weight excluding hydrogens is 296 g/mol. The zero-order valence-electron chi connectivity index (χ0n) is 11.1. The van der Waals surface area contributed by atoms with Crippen molar-refractivity contribution in [3.05, 3.63) is 10.7 Å². The van der Waals surface area contributed by atoms with Crippen LogP contribution in [0.2, 0.25) is 0 Å². The number of carbonyl (C=O) groups is 1. The molecule has 2 rings (SSSR count). The second kappa shape index (κ2) is 5.03. The van der Waals surface area contributed by atoms with Crippen LogP contribution in [0.5, 0.6) is 0 Å². The van der Waals surface area contributed by atoms with E-state index < -0.39 is 5.60 Å². The minimum Gasteiger partial charge on any atom is -0.444 e. The lowest BCUT2D eigenvalue weighted by Gasteiger charge is -2.28. The molecule has 0 unspecified atom stereocenters. The fraction of sp³-hybridized carbons (Fsp3) is 0.692. The Morgan fingerprint density at radius 2 is 2.28 bits per heavy atom. The molecule has 1 fully saturated rings. The Morgan fingerprint density at radius 1 is 1.56 bits per heavy atom. The lowest BCUT2D eigenvalue weighted by molar-refractivity contribution is 0.0265. The monoisotopic (exact) mass is 314 g/mol. The van der Waals surface area contributed by atoms with Crippen LogP contribution in [0.3, 0.4) is 0 Å². The first kappa shape index (κ1) is 13.6. The largest absolute Gasteiger partial charge is 0.444 e. The zero-order chi connectivity index (χ0) is 13.3. The Balaban J connectivity index is 2.04. The Kier molecular flexibility index (Phi) is 3.80. The van der Waals surface area contributed by atoms with Gasteiger partial charge in [0, 0.05) is 18.7 Å². The van der Waals surface area contributed by atoms with Gasteiger partial charge in [-0.3, -0.25) is 4.90 Å². The van der Waals surface area contributed by atoms with Gasteiger partial charge in [-0.15, -0.1) is 0 Å². The molecule has 1 saturated heterocycles. The number of likely N-dealkylation sites (tertiary alicyclic amines) is 1. The van der Waals surface area contributed by atoms with Crippen LogP contribution in [0.15, 0.2) is 15.7 Å². The maximum absolute atomic E-state index is 12.1. The first-order valence-electron chi connectivity index (χ1n) is 6.29. The van der Waals surface area contributed by atoms with Crippen molar-refractivity contribution in [1.82, 2.24) is 4.90 Å². The van der Waals surface area contributed by atoms with Gasteiger partial charge < -0.3 is 4.74 Å². The summed E-state index contributed by atoms with van der Waals surface area (Å²) in [6.07, 6.45) is 4.62. The minimum absolute atomic E-state index is 0.103. The molecule has 2 aliphatic heterocycles. The minimum atomic E-state index is -0.444. The van der Waals surface area contributed by atoms with Crippen molar-refractivity contribution in [2.45, 2.75) is 51.7 Å². The van der Waals surface area contributed by atoms with Crippen molar-refractivity contribution >= 4 is 27.7 Å². The van der Waals surface area contributed by atoms with E-state index >= 15 is 0 Å². The van der Waals surface area contributed by atoms with Crippen LogP contribution in [0.25, 0.3) is 0 Å². The highest BCUT2D eigenvalue weighted by Crippen LogP contribution is 2.27. The maximum Gasteiger partial charge on any atom is 0.410 e. The number of ether oxygens (including phenoxy) is 1. The zero-order valence-corrected chi connectivity index (χ0v) is 12.7. The molecule has 0 aromatic heterocycles. The molecule has 0 N–H and O–H groups in total. The molecule has 0 aromatic carbocycles. The van der Waals surface area contributed by atoms with Gasteiger partial charge in [0.25, 0.3) is 0 Å². The predicted molar refractivity (Wildman–Crippen MR) is 75.0 cm³/mol. The van der Waals surface area contributed by atoms with Crippen molar-refractivity contribution in [3.8, 4) is 0 Å². The molecule has 0 spiro atoms. The quantitative estimate of drug-likeness (QED) is 0.695. The molecule has 0 aromatic rings. The van der Waals surface area contributed by atoms with E-state index in [4.69, 9.17) is 4.74 Å².